The fourth-order valence-corrected chi connectivity index (χ4v) is 4.09. The summed E-state index contributed by atoms with van der Waals surface area (Å²) in [5.41, 5.74) is 12.1. The summed E-state index contributed by atoms with van der Waals surface area (Å²) in [6.07, 6.45) is 0.0837. The molecule has 0 aliphatic carbocycles. The molecule has 0 fully saturated rings. The number of nitrogen functional groups attached to an aromatic ring is 1. The van der Waals surface area contributed by atoms with Crippen LogP contribution in [-0.2, 0) is 21.2 Å². The summed E-state index contributed by atoms with van der Waals surface area (Å²) in [5, 5.41) is 9.09. The van der Waals surface area contributed by atoms with Crippen molar-refractivity contribution >= 4 is 32.5 Å². The zero-order chi connectivity index (χ0) is 20.3. The van der Waals surface area contributed by atoms with Crippen LogP contribution in [0.4, 0.5) is 0 Å². The van der Waals surface area contributed by atoms with Crippen LogP contribution in [0.3, 0.4) is 0 Å². The van der Waals surface area contributed by atoms with Crippen molar-refractivity contribution in [2.75, 3.05) is 0 Å². The quantitative estimate of drug-likeness (QED) is 0.355. The van der Waals surface area contributed by atoms with E-state index in [1.807, 2.05) is 24.3 Å². The Kier molecular flexibility index (Phi) is 5.43. The fraction of sp³-hybridized carbons (Fsp3) is 0.100. The number of fused-ring (bicyclic) bond motifs is 1. The third-order valence-electron chi connectivity index (χ3n) is 4.38. The van der Waals surface area contributed by atoms with E-state index in [1.165, 1.54) is 6.07 Å². The zero-order valence-electron chi connectivity index (χ0n) is 14.9. The van der Waals surface area contributed by atoms with Gasteiger partial charge in [-0.25, -0.2) is 8.42 Å². The average Bonchev–Trinajstić information content (AvgIpc) is 2.67. The summed E-state index contributed by atoms with van der Waals surface area (Å²) < 4.78 is 27.9. The van der Waals surface area contributed by atoms with Crippen LogP contribution >= 0.6 is 0 Å². The van der Waals surface area contributed by atoms with Crippen LogP contribution in [0.1, 0.15) is 11.1 Å². The summed E-state index contributed by atoms with van der Waals surface area (Å²) in [5.74, 6) is -0.852. The Morgan fingerprint density at radius 1 is 0.964 bits per heavy atom. The third kappa shape index (κ3) is 4.36. The Labute approximate surface area is 162 Å². The molecule has 28 heavy (non-hydrogen) atoms. The molecule has 8 heteroatoms. The van der Waals surface area contributed by atoms with Crippen molar-refractivity contribution in [3.63, 3.8) is 0 Å². The second kappa shape index (κ2) is 7.79. The van der Waals surface area contributed by atoms with E-state index in [1.54, 1.807) is 36.4 Å². The maximum Gasteiger partial charge on any atom is 0.241 e. The molecule has 0 aliphatic rings. The highest BCUT2D eigenvalue weighted by molar-refractivity contribution is 7.89. The van der Waals surface area contributed by atoms with E-state index in [2.05, 4.69) is 4.72 Å². The number of hydrogen-bond donors (Lipinski definition) is 4. The molecule has 0 aliphatic heterocycles. The van der Waals surface area contributed by atoms with Crippen LogP contribution in [0, 0.1) is 5.41 Å². The molecule has 6 N–H and O–H groups in total. The van der Waals surface area contributed by atoms with E-state index in [0.29, 0.717) is 11.1 Å². The first-order chi connectivity index (χ1) is 13.3. The molecule has 0 unspecified atom stereocenters. The molecular formula is C20H20N4O3S. The van der Waals surface area contributed by atoms with Crippen molar-refractivity contribution in [1.82, 2.24) is 4.72 Å². The summed E-state index contributed by atoms with van der Waals surface area (Å²) >= 11 is 0. The highest BCUT2D eigenvalue weighted by atomic mass is 32.2. The number of amides is 1. The third-order valence-corrected chi connectivity index (χ3v) is 5.85. The number of amidine groups is 1. The molecule has 0 spiro atoms. The molecule has 3 aromatic rings. The van der Waals surface area contributed by atoms with E-state index in [4.69, 9.17) is 16.9 Å². The zero-order valence-corrected chi connectivity index (χ0v) is 15.7. The maximum absolute atomic E-state index is 12.8. The first-order valence-electron chi connectivity index (χ1n) is 8.50. The van der Waals surface area contributed by atoms with Crippen LogP contribution in [-0.4, -0.2) is 26.2 Å². The molecule has 0 radical (unpaired) electrons. The molecule has 0 saturated heterocycles. The molecule has 7 nitrogen and oxygen atoms in total. The van der Waals surface area contributed by atoms with Crippen LogP contribution in [0.15, 0.2) is 71.6 Å². The lowest BCUT2D eigenvalue weighted by molar-refractivity contribution is -0.119. The SMILES string of the molecule is N=C(N)c1ccc(C[C@H](NS(=O)(=O)c2ccc3ccccc3c2)C(N)=O)cc1. The largest absolute Gasteiger partial charge is 0.384 e. The molecule has 0 bridgehead atoms. The topological polar surface area (TPSA) is 139 Å². The predicted molar refractivity (Wildman–Crippen MR) is 108 cm³/mol. The maximum atomic E-state index is 12.8. The van der Waals surface area contributed by atoms with Gasteiger partial charge >= 0.3 is 0 Å². The van der Waals surface area contributed by atoms with Crippen molar-refractivity contribution in [3.05, 3.63) is 77.9 Å². The minimum atomic E-state index is -3.94. The van der Waals surface area contributed by atoms with Gasteiger partial charge in [-0.15, -0.1) is 0 Å². The van der Waals surface area contributed by atoms with Crippen LogP contribution in [0.25, 0.3) is 10.8 Å². The van der Waals surface area contributed by atoms with Gasteiger partial charge < -0.3 is 11.5 Å². The molecule has 144 valence electrons. The van der Waals surface area contributed by atoms with E-state index in [-0.39, 0.29) is 17.2 Å². The number of primary amides is 1. The Bertz CT molecular complexity index is 1140. The number of nitrogens with two attached hydrogens (primary N) is 2. The number of carbonyl (C=O) groups is 1. The molecule has 3 aromatic carbocycles. The number of sulfonamides is 1. The van der Waals surface area contributed by atoms with Crippen LogP contribution in [0.5, 0.6) is 0 Å². The van der Waals surface area contributed by atoms with Gasteiger partial charge in [-0.1, -0.05) is 54.6 Å². The van der Waals surface area contributed by atoms with E-state index in [9.17, 15) is 13.2 Å². The van der Waals surface area contributed by atoms with Gasteiger partial charge in [0.1, 0.15) is 11.9 Å². The van der Waals surface area contributed by atoms with Crippen molar-refractivity contribution in [1.29, 1.82) is 5.41 Å². The number of rotatable bonds is 7. The molecule has 1 amide bonds. The van der Waals surface area contributed by atoms with Gasteiger partial charge in [-0.2, -0.15) is 4.72 Å². The second-order valence-electron chi connectivity index (χ2n) is 6.40. The van der Waals surface area contributed by atoms with Crippen LogP contribution < -0.4 is 16.2 Å². The first-order valence-corrected chi connectivity index (χ1v) is 9.98. The van der Waals surface area contributed by atoms with Gasteiger partial charge in [0.15, 0.2) is 0 Å². The Hall–Kier alpha value is -3.23. The molecule has 0 aromatic heterocycles. The molecule has 0 heterocycles. The van der Waals surface area contributed by atoms with Crippen molar-refractivity contribution < 1.29 is 13.2 Å². The van der Waals surface area contributed by atoms with Crippen molar-refractivity contribution in [3.8, 4) is 0 Å². The number of benzene rings is 3. The molecule has 1 atom stereocenters. The van der Waals surface area contributed by atoms with E-state index in [0.717, 1.165) is 10.8 Å². The minimum absolute atomic E-state index is 0.0596. The Morgan fingerprint density at radius 2 is 1.61 bits per heavy atom. The standard InChI is InChI=1S/C20H20N4O3S/c21-19(22)15-7-5-13(6-8-15)11-18(20(23)25)24-28(26,27)17-10-9-14-3-1-2-4-16(14)12-17/h1-10,12,18,24H,11H2,(H3,21,22)(H2,23,25)/t18-/m0/s1. The van der Waals surface area contributed by atoms with E-state index < -0.39 is 22.0 Å². The number of carbonyl (C=O) groups excluding carboxylic acids is 1. The van der Waals surface area contributed by atoms with Gasteiger partial charge in [-0.05, 0) is 34.9 Å². The summed E-state index contributed by atoms with van der Waals surface area (Å²) in [6, 6.07) is 17.7. The normalized spacial score (nSPS) is 12.6. The summed E-state index contributed by atoms with van der Waals surface area (Å²) in [7, 11) is -3.94. The number of nitrogens with one attached hydrogen (secondary N) is 2. The van der Waals surface area contributed by atoms with Crippen LogP contribution in [0.2, 0.25) is 0 Å². The lowest BCUT2D eigenvalue weighted by Gasteiger charge is -2.16. The fourth-order valence-electron chi connectivity index (χ4n) is 2.85. The number of hydrogen-bond acceptors (Lipinski definition) is 4. The van der Waals surface area contributed by atoms with Gasteiger partial charge in [0.25, 0.3) is 0 Å². The minimum Gasteiger partial charge on any atom is -0.384 e. The molecule has 0 saturated carbocycles. The van der Waals surface area contributed by atoms with Crippen molar-refractivity contribution in [2.24, 2.45) is 11.5 Å². The van der Waals surface area contributed by atoms with E-state index >= 15 is 0 Å². The summed E-state index contributed by atoms with van der Waals surface area (Å²) in [6.45, 7) is 0. The lowest BCUT2D eigenvalue weighted by atomic mass is 10.0. The highest BCUT2D eigenvalue weighted by Gasteiger charge is 2.24. The summed E-state index contributed by atoms with van der Waals surface area (Å²) in [4.78, 5) is 11.9. The van der Waals surface area contributed by atoms with Gasteiger partial charge in [0.2, 0.25) is 15.9 Å². The first kappa shape index (κ1) is 19.5. The highest BCUT2D eigenvalue weighted by Crippen LogP contribution is 2.19. The molecular weight excluding hydrogens is 376 g/mol. The monoisotopic (exact) mass is 396 g/mol. The van der Waals surface area contributed by atoms with Gasteiger partial charge in [0.05, 0.1) is 4.90 Å². The predicted octanol–water partition coefficient (Wildman–Crippen LogP) is 1.50. The second-order valence-corrected chi connectivity index (χ2v) is 8.11. The van der Waals surface area contributed by atoms with Crippen molar-refractivity contribution in [2.45, 2.75) is 17.4 Å². The Balaban J connectivity index is 1.83. The molecule has 3 rings (SSSR count). The Morgan fingerprint density at radius 3 is 2.21 bits per heavy atom. The van der Waals surface area contributed by atoms with Gasteiger partial charge in [-0.3, -0.25) is 10.2 Å². The lowest BCUT2D eigenvalue weighted by Crippen LogP contribution is -2.45. The van der Waals surface area contributed by atoms with Gasteiger partial charge in [0, 0.05) is 5.56 Å². The average molecular weight is 396 g/mol. The smallest absolute Gasteiger partial charge is 0.241 e.